The second kappa shape index (κ2) is 8.68. The van der Waals surface area contributed by atoms with Crippen LogP contribution in [0.2, 0.25) is 0 Å². The number of sulfonamides is 1. The summed E-state index contributed by atoms with van der Waals surface area (Å²) in [5.74, 6) is 0.0260. The van der Waals surface area contributed by atoms with Crippen molar-refractivity contribution in [2.24, 2.45) is 0 Å². The molecule has 0 unspecified atom stereocenters. The van der Waals surface area contributed by atoms with E-state index in [-0.39, 0.29) is 11.3 Å². The van der Waals surface area contributed by atoms with Gasteiger partial charge in [0, 0.05) is 11.3 Å². The van der Waals surface area contributed by atoms with E-state index >= 15 is 0 Å². The molecule has 0 spiro atoms. The SMILES string of the molecule is COc1ccccc1NC(=O)c1ccc(NS(=O)(=O)c2cccc(C(F)(F)F)c2)cc1. The summed E-state index contributed by atoms with van der Waals surface area (Å²) in [6.07, 6.45) is -4.66. The van der Waals surface area contributed by atoms with Crippen LogP contribution in [0.25, 0.3) is 0 Å². The van der Waals surface area contributed by atoms with Gasteiger partial charge < -0.3 is 10.1 Å². The van der Waals surface area contributed by atoms with Gasteiger partial charge in [0.15, 0.2) is 0 Å². The minimum atomic E-state index is -4.66. The highest BCUT2D eigenvalue weighted by molar-refractivity contribution is 7.92. The Bertz CT molecular complexity index is 1190. The van der Waals surface area contributed by atoms with Gasteiger partial charge in [-0.2, -0.15) is 13.2 Å². The summed E-state index contributed by atoms with van der Waals surface area (Å²) in [4.78, 5) is 11.9. The lowest BCUT2D eigenvalue weighted by molar-refractivity contribution is -0.137. The number of carbonyl (C=O) groups is 1. The molecule has 0 aliphatic rings. The maximum Gasteiger partial charge on any atom is 0.416 e. The number of nitrogens with one attached hydrogen (secondary N) is 2. The van der Waals surface area contributed by atoms with Crippen LogP contribution in [0.5, 0.6) is 5.75 Å². The number of amides is 1. The topological polar surface area (TPSA) is 84.5 Å². The van der Waals surface area contributed by atoms with Crippen molar-refractivity contribution in [3.8, 4) is 5.75 Å². The van der Waals surface area contributed by atoms with Gasteiger partial charge in [-0.3, -0.25) is 9.52 Å². The minimum absolute atomic E-state index is 0.0891. The summed E-state index contributed by atoms with van der Waals surface area (Å²) in [6, 6.07) is 15.7. The standard InChI is InChI=1S/C21H17F3N2O4S/c1-30-19-8-3-2-7-18(19)25-20(27)14-9-11-16(12-10-14)26-31(28,29)17-6-4-5-15(13-17)21(22,23)24/h2-13,26H,1H3,(H,25,27). The highest BCUT2D eigenvalue weighted by Crippen LogP contribution is 2.31. The predicted molar refractivity (Wildman–Crippen MR) is 110 cm³/mol. The number of hydrogen-bond acceptors (Lipinski definition) is 4. The molecule has 0 fully saturated rings. The van der Waals surface area contributed by atoms with Gasteiger partial charge in [0.05, 0.1) is 23.3 Å². The van der Waals surface area contributed by atoms with Crippen molar-refractivity contribution >= 4 is 27.3 Å². The van der Waals surface area contributed by atoms with E-state index in [1.165, 1.54) is 31.4 Å². The molecule has 3 aromatic carbocycles. The molecule has 1 amide bonds. The van der Waals surface area contributed by atoms with Crippen LogP contribution in [-0.2, 0) is 16.2 Å². The molecule has 0 heterocycles. The first-order valence-electron chi connectivity index (χ1n) is 8.85. The van der Waals surface area contributed by atoms with Crippen LogP contribution in [0, 0.1) is 0 Å². The first kappa shape index (κ1) is 22.2. The van der Waals surface area contributed by atoms with Crippen LogP contribution in [0.15, 0.2) is 77.7 Å². The van der Waals surface area contributed by atoms with Gasteiger partial charge in [-0.1, -0.05) is 18.2 Å². The fraction of sp³-hybridized carbons (Fsp3) is 0.0952. The fourth-order valence-electron chi connectivity index (χ4n) is 2.69. The summed E-state index contributed by atoms with van der Waals surface area (Å²) < 4.78 is 70.8. The Kier molecular flexibility index (Phi) is 6.21. The van der Waals surface area contributed by atoms with Gasteiger partial charge in [0.25, 0.3) is 15.9 Å². The van der Waals surface area contributed by atoms with Crippen LogP contribution >= 0.6 is 0 Å². The molecule has 3 aromatic rings. The van der Waals surface area contributed by atoms with Crippen LogP contribution in [-0.4, -0.2) is 21.4 Å². The lowest BCUT2D eigenvalue weighted by Gasteiger charge is -2.12. The van der Waals surface area contributed by atoms with E-state index in [0.29, 0.717) is 17.5 Å². The Balaban J connectivity index is 1.75. The van der Waals surface area contributed by atoms with Gasteiger partial charge in [0.2, 0.25) is 0 Å². The first-order chi connectivity index (χ1) is 14.6. The van der Waals surface area contributed by atoms with Gasteiger partial charge in [-0.25, -0.2) is 8.42 Å². The van der Waals surface area contributed by atoms with Crippen LogP contribution in [0.1, 0.15) is 15.9 Å². The van der Waals surface area contributed by atoms with Crippen molar-refractivity contribution in [3.63, 3.8) is 0 Å². The molecular weight excluding hydrogens is 433 g/mol. The largest absolute Gasteiger partial charge is 0.495 e. The van der Waals surface area contributed by atoms with Crippen molar-refractivity contribution in [2.75, 3.05) is 17.1 Å². The first-order valence-corrected chi connectivity index (χ1v) is 10.3. The average molecular weight is 450 g/mol. The monoisotopic (exact) mass is 450 g/mol. The zero-order chi connectivity index (χ0) is 22.6. The molecule has 0 saturated carbocycles. The van der Waals surface area contributed by atoms with Crippen molar-refractivity contribution in [2.45, 2.75) is 11.1 Å². The Morgan fingerprint density at radius 3 is 2.26 bits per heavy atom. The quantitative estimate of drug-likeness (QED) is 0.567. The number of rotatable bonds is 6. The molecule has 6 nitrogen and oxygen atoms in total. The van der Waals surface area contributed by atoms with Crippen LogP contribution in [0.4, 0.5) is 24.5 Å². The molecule has 3 rings (SSSR count). The van der Waals surface area contributed by atoms with E-state index in [9.17, 15) is 26.4 Å². The highest BCUT2D eigenvalue weighted by Gasteiger charge is 2.31. The Hall–Kier alpha value is -3.53. The maximum atomic E-state index is 12.8. The lowest BCUT2D eigenvalue weighted by Crippen LogP contribution is -2.15. The molecule has 0 atom stereocenters. The normalized spacial score (nSPS) is 11.6. The zero-order valence-electron chi connectivity index (χ0n) is 16.1. The highest BCUT2D eigenvalue weighted by atomic mass is 32.2. The van der Waals surface area contributed by atoms with E-state index in [0.717, 1.165) is 18.2 Å². The van der Waals surface area contributed by atoms with Gasteiger partial charge in [-0.15, -0.1) is 0 Å². The van der Waals surface area contributed by atoms with Gasteiger partial charge >= 0.3 is 6.18 Å². The molecule has 0 aliphatic heterocycles. The molecule has 0 bridgehead atoms. The Morgan fingerprint density at radius 1 is 0.935 bits per heavy atom. The third-order valence-corrected chi connectivity index (χ3v) is 5.61. The number of halogens is 3. The summed E-state index contributed by atoms with van der Waals surface area (Å²) in [7, 11) is -2.79. The van der Waals surface area contributed by atoms with Gasteiger partial charge in [0.1, 0.15) is 5.75 Å². The summed E-state index contributed by atoms with van der Waals surface area (Å²) in [5, 5.41) is 2.68. The third-order valence-electron chi connectivity index (χ3n) is 4.23. The molecule has 162 valence electrons. The van der Waals surface area contributed by atoms with E-state index in [4.69, 9.17) is 4.74 Å². The number of benzene rings is 3. The number of ether oxygens (including phenoxy) is 1. The number of para-hydroxylation sites is 2. The van der Waals surface area contributed by atoms with Crippen molar-refractivity contribution in [1.82, 2.24) is 0 Å². The summed E-state index contributed by atoms with van der Waals surface area (Å²) >= 11 is 0. The van der Waals surface area contributed by atoms with Crippen molar-refractivity contribution < 1.29 is 31.1 Å². The van der Waals surface area contributed by atoms with E-state index in [2.05, 4.69) is 10.0 Å². The third kappa shape index (κ3) is 5.34. The Labute approximate surface area is 176 Å². The molecule has 10 heteroatoms. The second-order valence-corrected chi connectivity index (χ2v) is 8.05. The number of hydrogen-bond donors (Lipinski definition) is 2. The fourth-order valence-corrected chi connectivity index (χ4v) is 3.79. The molecule has 31 heavy (non-hydrogen) atoms. The number of carbonyl (C=O) groups excluding carboxylic acids is 1. The van der Waals surface area contributed by atoms with E-state index in [1.807, 2.05) is 0 Å². The zero-order valence-corrected chi connectivity index (χ0v) is 16.9. The predicted octanol–water partition coefficient (Wildman–Crippen LogP) is 4.77. The van der Waals surface area contributed by atoms with Crippen LogP contribution < -0.4 is 14.8 Å². The summed E-state index contributed by atoms with van der Waals surface area (Å²) in [5.41, 5.74) is -0.276. The van der Waals surface area contributed by atoms with Gasteiger partial charge in [-0.05, 0) is 54.6 Å². The number of methoxy groups -OCH3 is 1. The Morgan fingerprint density at radius 2 is 1.61 bits per heavy atom. The molecule has 2 N–H and O–H groups in total. The lowest BCUT2D eigenvalue weighted by atomic mass is 10.2. The second-order valence-electron chi connectivity index (χ2n) is 6.36. The number of anilines is 2. The summed E-state index contributed by atoms with van der Waals surface area (Å²) in [6.45, 7) is 0. The molecule has 0 aromatic heterocycles. The maximum absolute atomic E-state index is 12.8. The molecule has 0 saturated heterocycles. The molecular formula is C21H17F3N2O4S. The van der Waals surface area contributed by atoms with Crippen molar-refractivity contribution in [3.05, 3.63) is 83.9 Å². The number of alkyl halides is 3. The van der Waals surface area contributed by atoms with Crippen LogP contribution in [0.3, 0.4) is 0 Å². The molecule has 0 aliphatic carbocycles. The minimum Gasteiger partial charge on any atom is -0.495 e. The smallest absolute Gasteiger partial charge is 0.416 e. The average Bonchev–Trinajstić information content (AvgIpc) is 2.74. The van der Waals surface area contributed by atoms with Crippen molar-refractivity contribution in [1.29, 1.82) is 0 Å². The molecule has 0 radical (unpaired) electrons. The van der Waals surface area contributed by atoms with E-state index < -0.39 is 32.6 Å². The van der Waals surface area contributed by atoms with E-state index in [1.54, 1.807) is 24.3 Å².